The second-order valence-electron chi connectivity index (χ2n) is 2.11. The van der Waals surface area contributed by atoms with Crippen molar-refractivity contribution in [2.45, 2.75) is 26.1 Å². The maximum atomic E-state index is 8.84. The SMILES string of the molecule is C=C(C)C(O)(O)OC(C)O. The third-order valence-electron chi connectivity index (χ3n) is 0.891. The summed E-state index contributed by atoms with van der Waals surface area (Å²) in [6.45, 7) is 5.89. The summed E-state index contributed by atoms with van der Waals surface area (Å²) >= 11 is 0. The Labute approximate surface area is 59.4 Å². The highest BCUT2D eigenvalue weighted by Gasteiger charge is 2.26. The van der Waals surface area contributed by atoms with E-state index in [1.54, 1.807) is 0 Å². The Balaban J connectivity index is 4.00. The van der Waals surface area contributed by atoms with Crippen molar-refractivity contribution in [1.29, 1.82) is 0 Å². The lowest BCUT2D eigenvalue weighted by molar-refractivity contribution is -0.354. The van der Waals surface area contributed by atoms with Crippen LogP contribution in [0.2, 0.25) is 0 Å². The van der Waals surface area contributed by atoms with Gasteiger partial charge in [-0.2, -0.15) is 0 Å². The molecule has 0 saturated carbocycles. The zero-order chi connectivity index (χ0) is 8.36. The second kappa shape index (κ2) is 3.12. The van der Waals surface area contributed by atoms with E-state index in [9.17, 15) is 0 Å². The molecule has 1 atom stereocenters. The van der Waals surface area contributed by atoms with Gasteiger partial charge in [-0.25, -0.2) is 0 Å². The molecule has 0 aromatic heterocycles. The van der Waals surface area contributed by atoms with Crippen LogP contribution in [-0.4, -0.2) is 27.6 Å². The fraction of sp³-hybridized carbons (Fsp3) is 0.667. The van der Waals surface area contributed by atoms with Crippen LogP contribution < -0.4 is 0 Å². The van der Waals surface area contributed by atoms with Gasteiger partial charge in [0.2, 0.25) is 0 Å². The minimum absolute atomic E-state index is 0.0217. The summed E-state index contributed by atoms with van der Waals surface area (Å²) in [6, 6.07) is 0. The molecule has 1 unspecified atom stereocenters. The molecule has 0 aromatic rings. The van der Waals surface area contributed by atoms with Crippen LogP contribution in [0.4, 0.5) is 0 Å². The molecule has 0 amide bonds. The Morgan fingerprint density at radius 2 is 2.00 bits per heavy atom. The summed E-state index contributed by atoms with van der Waals surface area (Å²) in [5.74, 6) is -2.42. The summed E-state index contributed by atoms with van der Waals surface area (Å²) in [5.41, 5.74) is 0.0217. The quantitative estimate of drug-likeness (QED) is 0.374. The largest absolute Gasteiger partial charge is 0.368 e. The molecule has 0 rings (SSSR count). The van der Waals surface area contributed by atoms with Crippen molar-refractivity contribution in [3.05, 3.63) is 12.2 Å². The van der Waals surface area contributed by atoms with Gasteiger partial charge in [-0.1, -0.05) is 6.58 Å². The standard InChI is InChI=1S/C6H12O4/c1-4(2)6(8,9)10-5(3)7/h5,7-9H,1H2,2-3H3. The van der Waals surface area contributed by atoms with Gasteiger partial charge in [-0.3, -0.25) is 4.74 Å². The van der Waals surface area contributed by atoms with Crippen LogP contribution in [0.3, 0.4) is 0 Å². The van der Waals surface area contributed by atoms with Gasteiger partial charge in [0, 0.05) is 5.57 Å². The van der Waals surface area contributed by atoms with E-state index in [1.807, 2.05) is 0 Å². The van der Waals surface area contributed by atoms with Crippen LogP contribution in [0, 0.1) is 0 Å². The van der Waals surface area contributed by atoms with Crippen molar-refractivity contribution in [3.63, 3.8) is 0 Å². The minimum Gasteiger partial charge on any atom is -0.368 e. The fourth-order valence-corrected chi connectivity index (χ4v) is 0.338. The van der Waals surface area contributed by atoms with Gasteiger partial charge in [-0.05, 0) is 13.8 Å². The summed E-state index contributed by atoms with van der Waals surface area (Å²) in [4.78, 5) is 0. The minimum atomic E-state index is -2.42. The highest BCUT2D eigenvalue weighted by Crippen LogP contribution is 2.13. The van der Waals surface area contributed by atoms with Crippen molar-refractivity contribution >= 4 is 0 Å². The van der Waals surface area contributed by atoms with E-state index in [0.717, 1.165) is 0 Å². The first-order valence-electron chi connectivity index (χ1n) is 2.83. The number of hydrogen-bond donors (Lipinski definition) is 3. The van der Waals surface area contributed by atoms with Crippen LogP contribution in [0.15, 0.2) is 12.2 Å². The molecule has 0 heterocycles. The average Bonchev–Trinajstić information content (AvgIpc) is 1.60. The van der Waals surface area contributed by atoms with Crippen LogP contribution in [-0.2, 0) is 4.74 Å². The monoisotopic (exact) mass is 148 g/mol. The first-order chi connectivity index (χ1) is 4.36. The maximum absolute atomic E-state index is 8.84. The van der Waals surface area contributed by atoms with Crippen LogP contribution in [0.5, 0.6) is 0 Å². The molecule has 0 fully saturated rings. The van der Waals surface area contributed by atoms with Crippen LogP contribution >= 0.6 is 0 Å². The highest BCUT2D eigenvalue weighted by molar-refractivity contribution is 4.96. The lowest BCUT2D eigenvalue weighted by Crippen LogP contribution is -2.36. The molecule has 3 N–H and O–H groups in total. The summed E-state index contributed by atoms with van der Waals surface area (Å²) < 4.78 is 4.27. The fourth-order valence-electron chi connectivity index (χ4n) is 0.338. The Morgan fingerprint density at radius 1 is 1.60 bits per heavy atom. The molecular weight excluding hydrogens is 136 g/mol. The molecule has 0 saturated heterocycles. The lowest BCUT2D eigenvalue weighted by atomic mass is 10.3. The normalized spacial score (nSPS) is 14.9. The van der Waals surface area contributed by atoms with E-state index >= 15 is 0 Å². The van der Waals surface area contributed by atoms with Gasteiger partial charge in [0.1, 0.15) is 0 Å². The number of aliphatic hydroxyl groups is 3. The first-order valence-corrected chi connectivity index (χ1v) is 2.83. The Kier molecular flexibility index (Phi) is 2.98. The van der Waals surface area contributed by atoms with E-state index in [-0.39, 0.29) is 5.57 Å². The Morgan fingerprint density at radius 3 is 2.10 bits per heavy atom. The van der Waals surface area contributed by atoms with Crippen molar-refractivity contribution in [2.24, 2.45) is 0 Å². The van der Waals surface area contributed by atoms with Gasteiger partial charge < -0.3 is 15.3 Å². The van der Waals surface area contributed by atoms with Gasteiger partial charge >= 0.3 is 5.97 Å². The number of ether oxygens (including phenoxy) is 1. The first kappa shape index (κ1) is 9.58. The molecule has 0 spiro atoms. The number of rotatable bonds is 3. The molecule has 4 nitrogen and oxygen atoms in total. The van der Waals surface area contributed by atoms with Crippen molar-refractivity contribution in [3.8, 4) is 0 Å². The predicted molar refractivity (Wildman–Crippen MR) is 34.7 cm³/mol. The summed E-state index contributed by atoms with van der Waals surface area (Å²) in [5, 5.41) is 26.2. The van der Waals surface area contributed by atoms with Gasteiger partial charge in [-0.15, -0.1) is 0 Å². The summed E-state index contributed by atoms with van der Waals surface area (Å²) in [6.07, 6.45) is -1.23. The second-order valence-corrected chi connectivity index (χ2v) is 2.11. The van der Waals surface area contributed by atoms with Gasteiger partial charge in [0.15, 0.2) is 6.29 Å². The van der Waals surface area contributed by atoms with Crippen LogP contribution in [0.25, 0.3) is 0 Å². The van der Waals surface area contributed by atoms with E-state index in [0.29, 0.717) is 0 Å². The van der Waals surface area contributed by atoms with E-state index in [4.69, 9.17) is 15.3 Å². The molecular formula is C6H12O4. The number of hydrogen-bond acceptors (Lipinski definition) is 4. The number of aliphatic hydroxyl groups excluding tert-OH is 1. The molecule has 0 aliphatic heterocycles. The zero-order valence-electron chi connectivity index (χ0n) is 6.03. The van der Waals surface area contributed by atoms with Gasteiger partial charge in [0.05, 0.1) is 0 Å². The van der Waals surface area contributed by atoms with E-state index in [2.05, 4.69) is 11.3 Å². The van der Waals surface area contributed by atoms with Crippen molar-refractivity contribution < 1.29 is 20.1 Å². The van der Waals surface area contributed by atoms with Gasteiger partial charge in [0.25, 0.3) is 0 Å². The molecule has 60 valence electrons. The topological polar surface area (TPSA) is 69.9 Å². The predicted octanol–water partition coefficient (Wildman–Crippen LogP) is -0.444. The molecule has 0 aliphatic carbocycles. The Bertz CT molecular complexity index is 128. The average molecular weight is 148 g/mol. The molecule has 0 radical (unpaired) electrons. The smallest absolute Gasteiger partial charge is 0.304 e. The van der Waals surface area contributed by atoms with Crippen molar-refractivity contribution in [1.82, 2.24) is 0 Å². The highest BCUT2D eigenvalue weighted by atomic mass is 16.8. The summed E-state index contributed by atoms with van der Waals surface area (Å²) in [7, 11) is 0. The molecule has 0 aliphatic rings. The lowest BCUT2D eigenvalue weighted by Gasteiger charge is -2.23. The third-order valence-corrected chi connectivity index (χ3v) is 0.891. The van der Waals surface area contributed by atoms with Crippen LogP contribution in [0.1, 0.15) is 13.8 Å². The zero-order valence-corrected chi connectivity index (χ0v) is 6.03. The third kappa shape index (κ3) is 2.93. The molecule has 10 heavy (non-hydrogen) atoms. The van der Waals surface area contributed by atoms with E-state index < -0.39 is 12.3 Å². The van der Waals surface area contributed by atoms with Crippen molar-refractivity contribution in [2.75, 3.05) is 0 Å². The molecule has 0 aromatic carbocycles. The Hall–Kier alpha value is -0.420. The maximum Gasteiger partial charge on any atom is 0.304 e. The molecule has 0 bridgehead atoms. The molecule has 4 heteroatoms. The van der Waals surface area contributed by atoms with E-state index in [1.165, 1.54) is 13.8 Å².